The van der Waals surface area contributed by atoms with E-state index in [1.807, 2.05) is 0 Å². The Hall–Kier alpha value is -1.75. The fourth-order valence-electron chi connectivity index (χ4n) is 2.18. The van der Waals surface area contributed by atoms with Crippen LogP contribution < -0.4 is 5.32 Å². The number of rotatable bonds is 6. The molecule has 0 amide bonds. The third kappa shape index (κ3) is 3.86. The summed E-state index contributed by atoms with van der Waals surface area (Å²) in [6, 6.07) is 8.63. The topological polar surface area (TPSA) is 55.6 Å². The molecule has 5 nitrogen and oxygen atoms in total. The summed E-state index contributed by atoms with van der Waals surface area (Å²) in [6.07, 6.45) is 0.810. The van der Waals surface area contributed by atoms with Gasteiger partial charge in [0.1, 0.15) is 0 Å². The van der Waals surface area contributed by atoms with E-state index in [-0.39, 0.29) is 0 Å². The Bertz CT molecular complexity index is 520. The molecule has 1 aromatic carbocycles. The molecule has 0 aliphatic carbocycles. The molecular formula is C14H21N5. The molecule has 1 unspecified atom stereocenters. The number of nitrogens with zero attached hydrogens (tertiary/aromatic N) is 4. The Balaban J connectivity index is 2.15. The molecule has 0 spiro atoms. The number of likely N-dealkylation sites (N-methyl/N-ethyl adjacent to an activating group) is 1. The molecule has 1 heterocycles. The molecule has 102 valence electrons. The summed E-state index contributed by atoms with van der Waals surface area (Å²) in [4.78, 5) is 1.51. The van der Waals surface area contributed by atoms with Crippen LogP contribution in [0.15, 0.2) is 24.3 Å². The quantitative estimate of drug-likeness (QED) is 0.853. The van der Waals surface area contributed by atoms with Crippen LogP contribution in [-0.4, -0.2) is 33.3 Å². The van der Waals surface area contributed by atoms with Crippen molar-refractivity contribution in [3.63, 3.8) is 0 Å². The highest BCUT2D eigenvalue weighted by molar-refractivity contribution is 5.26. The van der Waals surface area contributed by atoms with Gasteiger partial charge in [0.05, 0.1) is 7.05 Å². The lowest BCUT2D eigenvalue weighted by Gasteiger charge is -2.16. The van der Waals surface area contributed by atoms with Crippen LogP contribution in [0.25, 0.3) is 0 Å². The van der Waals surface area contributed by atoms with Gasteiger partial charge in [0.25, 0.3) is 0 Å². The van der Waals surface area contributed by atoms with E-state index < -0.39 is 0 Å². The second-order valence-electron chi connectivity index (χ2n) is 4.82. The summed E-state index contributed by atoms with van der Waals surface area (Å²) in [7, 11) is 1.79. The highest BCUT2D eigenvalue weighted by Gasteiger charge is 2.15. The van der Waals surface area contributed by atoms with Crippen LogP contribution >= 0.6 is 0 Å². The highest BCUT2D eigenvalue weighted by Crippen LogP contribution is 2.19. The molecule has 1 N–H and O–H groups in total. The van der Waals surface area contributed by atoms with Crippen molar-refractivity contribution in [2.24, 2.45) is 7.05 Å². The Morgan fingerprint density at radius 2 is 2.21 bits per heavy atom. The minimum Gasteiger partial charge on any atom is -0.316 e. The van der Waals surface area contributed by atoms with Crippen LogP contribution in [0.5, 0.6) is 0 Å². The van der Waals surface area contributed by atoms with E-state index in [9.17, 15) is 0 Å². The van der Waals surface area contributed by atoms with Crippen LogP contribution in [0.2, 0.25) is 0 Å². The van der Waals surface area contributed by atoms with Crippen LogP contribution in [-0.2, 0) is 13.5 Å². The summed E-state index contributed by atoms with van der Waals surface area (Å²) in [5.74, 6) is 1.18. The van der Waals surface area contributed by atoms with Gasteiger partial charge in [-0.1, -0.05) is 36.8 Å². The molecule has 0 radical (unpaired) electrons. The zero-order chi connectivity index (χ0) is 13.7. The number of tetrazole rings is 1. The van der Waals surface area contributed by atoms with Crippen molar-refractivity contribution >= 4 is 0 Å². The molecule has 5 heteroatoms. The van der Waals surface area contributed by atoms with E-state index in [4.69, 9.17) is 0 Å². The maximum Gasteiger partial charge on any atom is 0.175 e. The fraction of sp³-hybridized carbons (Fsp3) is 0.500. The molecule has 1 aromatic heterocycles. The molecule has 0 bridgehead atoms. The normalized spacial score (nSPS) is 12.6. The molecule has 19 heavy (non-hydrogen) atoms. The Morgan fingerprint density at radius 1 is 1.37 bits per heavy atom. The summed E-state index contributed by atoms with van der Waals surface area (Å²) < 4.78 is 0. The zero-order valence-electron chi connectivity index (χ0n) is 11.8. The first-order chi connectivity index (χ1) is 9.19. The maximum atomic E-state index is 4.27. The zero-order valence-corrected chi connectivity index (χ0v) is 11.8. The van der Waals surface area contributed by atoms with Gasteiger partial charge in [-0.2, -0.15) is 4.80 Å². The van der Waals surface area contributed by atoms with Crippen LogP contribution in [0.3, 0.4) is 0 Å². The molecule has 0 aliphatic heterocycles. The van der Waals surface area contributed by atoms with Crippen molar-refractivity contribution in [3.8, 4) is 0 Å². The molecule has 1 atom stereocenters. The van der Waals surface area contributed by atoms with Crippen LogP contribution in [0.4, 0.5) is 0 Å². The Morgan fingerprint density at radius 3 is 2.84 bits per heavy atom. The third-order valence-corrected chi connectivity index (χ3v) is 3.13. The first-order valence-corrected chi connectivity index (χ1v) is 6.69. The van der Waals surface area contributed by atoms with Crippen molar-refractivity contribution in [2.45, 2.75) is 26.2 Å². The molecule has 2 rings (SSSR count). The molecule has 0 saturated heterocycles. The first kappa shape index (κ1) is 13.7. The van der Waals surface area contributed by atoms with Gasteiger partial charge in [-0.3, -0.25) is 0 Å². The number of hydrogen-bond donors (Lipinski definition) is 1. The smallest absolute Gasteiger partial charge is 0.175 e. The number of benzene rings is 1. The summed E-state index contributed by atoms with van der Waals surface area (Å²) in [5.41, 5.74) is 2.61. The summed E-state index contributed by atoms with van der Waals surface area (Å²) in [5, 5.41) is 15.7. The second-order valence-corrected chi connectivity index (χ2v) is 4.82. The maximum absolute atomic E-state index is 4.27. The average Bonchev–Trinajstić information content (AvgIpc) is 2.80. The van der Waals surface area contributed by atoms with Gasteiger partial charge < -0.3 is 5.32 Å². The minimum atomic E-state index is 0.379. The SMILES string of the molecule is CCNCC(Cc1nnn(C)n1)c1cccc(C)c1. The Labute approximate surface area is 114 Å². The predicted octanol–water partition coefficient (Wildman–Crippen LogP) is 1.45. The lowest BCUT2D eigenvalue weighted by Crippen LogP contribution is -2.23. The predicted molar refractivity (Wildman–Crippen MR) is 75.0 cm³/mol. The van der Waals surface area contributed by atoms with Gasteiger partial charge in [0, 0.05) is 18.9 Å². The van der Waals surface area contributed by atoms with E-state index in [1.165, 1.54) is 15.9 Å². The number of aryl methyl sites for hydroxylation is 2. The van der Waals surface area contributed by atoms with Gasteiger partial charge in [0.15, 0.2) is 5.82 Å². The molecule has 0 fully saturated rings. The number of aromatic nitrogens is 4. The molecule has 0 saturated carbocycles. The van der Waals surface area contributed by atoms with Gasteiger partial charge in [-0.25, -0.2) is 0 Å². The Kier molecular flexibility index (Phi) is 4.63. The van der Waals surface area contributed by atoms with E-state index in [1.54, 1.807) is 7.05 Å². The van der Waals surface area contributed by atoms with Crippen molar-refractivity contribution in [1.29, 1.82) is 0 Å². The second kappa shape index (κ2) is 6.43. The van der Waals surface area contributed by atoms with Crippen LogP contribution in [0.1, 0.15) is 29.8 Å². The van der Waals surface area contributed by atoms with Gasteiger partial charge in [-0.05, 0) is 24.2 Å². The van der Waals surface area contributed by atoms with E-state index in [2.05, 4.69) is 58.8 Å². The van der Waals surface area contributed by atoms with E-state index in [0.717, 1.165) is 25.3 Å². The fourth-order valence-corrected chi connectivity index (χ4v) is 2.18. The van der Waals surface area contributed by atoms with Crippen molar-refractivity contribution in [3.05, 3.63) is 41.2 Å². The molecular weight excluding hydrogens is 238 g/mol. The molecule has 0 aliphatic rings. The lowest BCUT2D eigenvalue weighted by atomic mass is 9.94. The van der Waals surface area contributed by atoms with Crippen molar-refractivity contribution in [1.82, 2.24) is 25.5 Å². The average molecular weight is 259 g/mol. The summed E-state index contributed by atoms with van der Waals surface area (Å²) in [6.45, 7) is 6.14. The largest absolute Gasteiger partial charge is 0.316 e. The van der Waals surface area contributed by atoms with Gasteiger partial charge >= 0.3 is 0 Å². The van der Waals surface area contributed by atoms with Crippen LogP contribution in [0, 0.1) is 6.92 Å². The van der Waals surface area contributed by atoms with Crippen molar-refractivity contribution in [2.75, 3.05) is 13.1 Å². The number of nitrogens with one attached hydrogen (secondary N) is 1. The van der Waals surface area contributed by atoms with Crippen molar-refractivity contribution < 1.29 is 0 Å². The standard InChI is InChI=1S/C14H21N5/c1-4-15-10-13(9-14-16-18-19(3)17-14)12-7-5-6-11(2)8-12/h5-8,13,15H,4,9-10H2,1-3H3. The highest BCUT2D eigenvalue weighted by atomic mass is 15.6. The monoisotopic (exact) mass is 259 g/mol. The van der Waals surface area contributed by atoms with Gasteiger partial charge in [-0.15, -0.1) is 10.2 Å². The van der Waals surface area contributed by atoms with Gasteiger partial charge in [0.2, 0.25) is 0 Å². The number of hydrogen-bond acceptors (Lipinski definition) is 4. The molecule has 2 aromatic rings. The minimum absolute atomic E-state index is 0.379. The first-order valence-electron chi connectivity index (χ1n) is 6.69. The van der Waals surface area contributed by atoms with E-state index >= 15 is 0 Å². The third-order valence-electron chi connectivity index (χ3n) is 3.13. The summed E-state index contributed by atoms with van der Waals surface area (Å²) >= 11 is 0. The van der Waals surface area contributed by atoms with E-state index in [0.29, 0.717) is 5.92 Å². The lowest BCUT2D eigenvalue weighted by molar-refractivity contribution is 0.577.